The van der Waals surface area contributed by atoms with Gasteiger partial charge in [0.25, 0.3) is 0 Å². The summed E-state index contributed by atoms with van der Waals surface area (Å²) in [5.74, 6) is -0.444. The topological polar surface area (TPSA) is 95.9 Å². The molecule has 11 atom stereocenters. The summed E-state index contributed by atoms with van der Waals surface area (Å²) in [5.41, 5.74) is -1.81. The quantitative estimate of drug-likeness (QED) is 0.578. The van der Waals surface area contributed by atoms with Crippen molar-refractivity contribution in [1.82, 2.24) is 10.2 Å². The summed E-state index contributed by atoms with van der Waals surface area (Å²) in [6.07, 6.45) is 4.05. The number of Topliss-reactive ketones (excluding diaryl/α,β-unsaturated/α-hetero) is 1. The molecule has 5 fully saturated rings. The number of piperidine rings is 1. The van der Waals surface area contributed by atoms with Crippen molar-refractivity contribution in [2.24, 2.45) is 45.8 Å². The van der Waals surface area contributed by atoms with Crippen LogP contribution in [0.25, 0.3) is 0 Å². The number of carbonyl (C=O) groups is 3. The normalized spacial score (nSPS) is 49.0. The Balaban J connectivity index is 1.47. The third-order valence-corrected chi connectivity index (χ3v) is 11.7. The molecule has 7 nitrogen and oxygen atoms in total. The lowest BCUT2D eigenvalue weighted by atomic mass is 9.43. The van der Waals surface area contributed by atoms with Crippen LogP contribution in [0.5, 0.6) is 0 Å². The summed E-state index contributed by atoms with van der Waals surface area (Å²) in [5, 5.41) is 14.2. The number of hydrogen-bond acceptors (Lipinski definition) is 6. The van der Waals surface area contributed by atoms with Crippen molar-refractivity contribution in [3.8, 4) is 0 Å². The van der Waals surface area contributed by atoms with E-state index in [0.29, 0.717) is 25.7 Å². The molecule has 3 saturated carbocycles. The third kappa shape index (κ3) is 4.08. The first-order valence-corrected chi connectivity index (χ1v) is 14.2. The minimum absolute atomic E-state index is 0.1000. The molecule has 3 unspecified atom stereocenters. The Morgan fingerprint density at radius 2 is 1.97 bits per heavy atom. The number of rotatable bonds is 4. The van der Waals surface area contributed by atoms with Crippen LogP contribution in [0, 0.1) is 45.8 Å². The molecule has 37 heavy (non-hydrogen) atoms. The molecule has 2 aliphatic heterocycles. The number of carbonyl (C=O) groups excluding carboxylic acids is 3. The van der Waals surface area contributed by atoms with Gasteiger partial charge < -0.3 is 14.7 Å². The fourth-order valence-electron chi connectivity index (χ4n) is 9.30. The Hall–Kier alpha value is -1.80. The minimum Gasteiger partial charge on any atom is -0.445 e. The first-order chi connectivity index (χ1) is 17.5. The average molecular weight is 519 g/mol. The Morgan fingerprint density at radius 3 is 2.62 bits per heavy atom. The predicted molar refractivity (Wildman–Crippen MR) is 136 cm³/mol. The largest absolute Gasteiger partial charge is 0.445 e. The maximum Gasteiger partial charge on any atom is 0.414 e. The SMILES string of the molecule is C[C@@H]1CCC23CCC(=O)C2[C@]1(C)[C@H](OC(=O)NC(=O)[C@H]1CN2CC[C@@H]1C2)C[C@@](C)(CC=CF)[C@@H](O)[C@@H]3C. The molecule has 0 aromatic carbocycles. The second kappa shape index (κ2) is 9.44. The van der Waals surface area contributed by atoms with Gasteiger partial charge in [-0.3, -0.25) is 14.9 Å². The van der Waals surface area contributed by atoms with E-state index in [4.69, 9.17) is 4.74 Å². The molecule has 0 aromatic rings. The monoisotopic (exact) mass is 518 g/mol. The van der Waals surface area contributed by atoms with Crippen molar-refractivity contribution in [3.05, 3.63) is 12.4 Å². The van der Waals surface area contributed by atoms with E-state index in [1.807, 2.05) is 13.8 Å². The Morgan fingerprint density at radius 1 is 1.22 bits per heavy atom. The maximum absolute atomic E-state index is 13.5. The van der Waals surface area contributed by atoms with Crippen LogP contribution >= 0.6 is 0 Å². The molecule has 0 radical (unpaired) electrons. The molecule has 4 bridgehead atoms. The molecule has 0 aromatic heterocycles. The molecule has 5 aliphatic rings. The summed E-state index contributed by atoms with van der Waals surface area (Å²) in [6.45, 7) is 10.7. The van der Waals surface area contributed by atoms with E-state index in [2.05, 4.69) is 24.1 Å². The number of amides is 2. The van der Waals surface area contributed by atoms with Crippen LogP contribution in [0.4, 0.5) is 9.18 Å². The van der Waals surface area contributed by atoms with Gasteiger partial charge in [0.2, 0.25) is 5.91 Å². The number of alkyl carbamates (subject to hydrolysis) is 1. The van der Waals surface area contributed by atoms with Gasteiger partial charge in [0.15, 0.2) is 0 Å². The molecule has 2 amide bonds. The fraction of sp³-hybridized carbons (Fsp3) is 0.828. The predicted octanol–water partition coefficient (Wildman–Crippen LogP) is 4.24. The number of ether oxygens (including phenoxy) is 1. The Kier molecular flexibility index (Phi) is 6.83. The number of nitrogens with zero attached hydrogens (tertiary/aromatic N) is 1. The summed E-state index contributed by atoms with van der Waals surface area (Å²) < 4.78 is 19.3. The highest BCUT2D eigenvalue weighted by molar-refractivity contribution is 5.93. The zero-order chi connectivity index (χ0) is 26.8. The molecule has 5 rings (SSSR count). The van der Waals surface area contributed by atoms with E-state index in [9.17, 15) is 23.9 Å². The lowest BCUT2D eigenvalue weighted by Crippen LogP contribution is -2.63. The zero-order valence-electron chi connectivity index (χ0n) is 22.7. The van der Waals surface area contributed by atoms with Gasteiger partial charge in [0.1, 0.15) is 11.9 Å². The number of fused-ring (bicyclic) bond motifs is 2. The lowest BCUT2D eigenvalue weighted by molar-refractivity contribution is -0.197. The zero-order valence-corrected chi connectivity index (χ0v) is 22.7. The molecule has 8 heteroatoms. The number of aliphatic hydroxyl groups excluding tert-OH is 1. The molecular weight excluding hydrogens is 475 g/mol. The van der Waals surface area contributed by atoms with Crippen LogP contribution in [0.2, 0.25) is 0 Å². The summed E-state index contributed by atoms with van der Waals surface area (Å²) in [6, 6.07) is 0. The molecule has 0 spiro atoms. The van der Waals surface area contributed by atoms with Crippen molar-refractivity contribution in [1.29, 1.82) is 0 Å². The van der Waals surface area contributed by atoms with Crippen LogP contribution in [-0.4, -0.2) is 59.6 Å². The average Bonchev–Trinajstić information content (AvgIpc) is 3.59. The summed E-state index contributed by atoms with van der Waals surface area (Å²) in [7, 11) is 0. The number of nitrogens with one attached hydrogen (secondary N) is 1. The molecule has 206 valence electrons. The molecule has 3 aliphatic carbocycles. The van der Waals surface area contributed by atoms with Crippen LogP contribution in [0.1, 0.15) is 72.6 Å². The highest BCUT2D eigenvalue weighted by Crippen LogP contribution is 2.68. The van der Waals surface area contributed by atoms with E-state index in [-0.39, 0.29) is 59.5 Å². The smallest absolute Gasteiger partial charge is 0.414 e. The summed E-state index contributed by atoms with van der Waals surface area (Å²) in [4.78, 5) is 42.0. The van der Waals surface area contributed by atoms with Crippen LogP contribution in [0.3, 0.4) is 0 Å². The fourth-order valence-corrected chi connectivity index (χ4v) is 9.30. The van der Waals surface area contributed by atoms with Crippen LogP contribution in [0.15, 0.2) is 12.4 Å². The Labute approximate surface area is 219 Å². The minimum atomic E-state index is -0.797. The van der Waals surface area contributed by atoms with E-state index in [1.165, 1.54) is 6.08 Å². The van der Waals surface area contributed by atoms with Gasteiger partial charge in [-0.2, -0.15) is 0 Å². The van der Waals surface area contributed by atoms with Gasteiger partial charge in [0.05, 0.1) is 18.4 Å². The van der Waals surface area contributed by atoms with E-state index < -0.39 is 29.1 Å². The number of ketones is 1. The first kappa shape index (κ1) is 26.8. The van der Waals surface area contributed by atoms with E-state index >= 15 is 0 Å². The van der Waals surface area contributed by atoms with Crippen molar-refractivity contribution < 1.29 is 28.6 Å². The number of aliphatic hydroxyl groups is 1. The molecule has 2 saturated heterocycles. The van der Waals surface area contributed by atoms with Crippen molar-refractivity contribution >= 4 is 17.8 Å². The number of allylic oxidation sites excluding steroid dienone is 1. The van der Waals surface area contributed by atoms with Gasteiger partial charge in [-0.15, -0.1) is 0 Å². The van der Waals surface area contributed by atoms with E-state index in [1.54, 1.807) is 0 Å². The van der Waals surface area contributed by atoms with Gasteiger partial charge in [-0.1, -0.05) is 33.8 Å². The van der Waals surface area contributed by atoms with Crippen LogP contribution < -0.4 is 5.32 Å². The standard InChI is InChI=1S/C29H43FN2O5/c1-17-6-10-29-11-7-21(33)23(29)28(17,4)22(14-27(3,9-5-12-30)24(34)18(29)2)37-26(36)31-25(35)20-16-32-13-8-19(20)15-32/h5,12,17-20,22-24,34H,6-11,13-16H2,1-4H3,(H,31,35,36)/t17-,18+,19-,20+,22-,23?,24+,27-,28+,29?/m1/s1. The van der Waals surface area contributed by atoms with Crippen LogP contribution in [-0.2, 0) is 14.3 Å². The first-order valence-electron chi connectivity index (χ1n) is 14.2. The molecule has 2 N–H and O–H groups in total. The van der Waals surface area contributed by atoms with Crippen molar-refractivity contribution in [3.63, 3.8) is 0 Å². The number of hydrogen-bond donors (Lipinski definition) is 2. The number of imide groups is 1. The molecule has 2 heterocycles. The van der Waals surface area contributed by atoms with E-state index in [0.717, 1.165) is 32.4 Å². The number of halogens is 1. The lowest BCUT2D eigenvalue weighted by Gasteiger charge is -2.62. The maximum atomic E-state index is 13.5. The highest BCUT2D eigenvalue weighted by Gasteiger charge is 2.68. The van der Waals surface area contributed by atoms with Crippen molar-refractivity contribution in [2.75, 3.05) is 19.6 Å². The molecular formula is C29H43FN2O5. The second-order valence-corrected chi connectivity index (χ2v) is 13.4. The highest BCUT2D eigenvalue weighted by atomic mass is 19.1. The van der Waals surface area contributed by atoms with Crippen molar-refractivity contribution in [2.45, 2.75) is 84.8 Å². The van der Waals surface area contributed by atoms with Gasteiger partial charge in [-0.05, 0) is 68.2 Å². The third-order valence-electron chi connectivity index (χ3n) is 11.7. The van der Waals surface area contributed by atoms with Gasteiger partial charge in [0, 0.05) is 36.3 Å². The Bertz CT molecular complexity index is 987. The summed E-state index contributed by atoms with van der Waals surface area (Å²) >= 11 is 0. The second-order valence-electron chi connectivity index (χ2n) is 13.4. The van der Waals surface area contributed by atoms with Gasteiger partial charge >= 0.3 is 6.09 Å². The van der Waals surface area contributed by atoms with Gasteiger partial charge in [-0.25, -0.2) is 9.18 Å².